The van der Waals surface area contributed by atoms with Gasteiger partial charge in [0.25, 0.3) is 0 Å². The molecule has 8 heteroatoms. The molecule has 24 heavy (non-hydrogen) atoms. The number of carbonyl (C=O) groups excluding carboxylic acids is 3. The van der Waals surface area contributed by atoms with E-state index in [1.807, 2.05) is 20.8 Å². The van der Waals surface area contributed by atoms with Crippen LogP contribution in [0, 0.1) is 11.8 Å². The number of nitrogens with two attached hydrogens (primary N) is 2. The molecule has 0 spiro atoms. The van der Waals surface area contributed by atoms with Crippen LogP contribution in [0.25, 0.3) is 0 Å². The van der Waals surface area contributed by atoms with E-state index in [1.165, 1.54) is 6.92 Å². The highest BCUT2D eigenvalue weighted by Crippen LogP contribution is 2.11. The zero-order valence-electron chi connectivity index (χ0n) is 15.2. The minimum absolute atomic E-state index is 0.170. The van der Waals surface area contributed by atoms with Crippen molar-refractivity contribution in [2.75, 3.05) is 0 Å². The molecule has 0 aromatic carbocycles. The van der Waals surface area contributed by atoms with Gasteiger partial charge in [-0.25, -0.2) is 0 Å². The summed E-state index contributed by atoms with van der Waals surface area (Å²) < 4.78 is 0. The average molecular weight is 344 g/mol. The first-order valence-electron chi connectivity index (χ1n) is 8.34. The Bertz CT molecular complexity index is 440. The van der Waals surface area contributed by atoms with Crippen LogP contribution < -0.4 is 22.1 Å². The van der Waals surface area contributed by atoms with E-state index >= 15 is 0 Å². The van der Waals surface area contributed by atoms with Crippen LogP contribution in [0.5, 0.6) is 0 Å². The molecule has 0 aliphatic heterocycles. The summed E-state index contributed by atoms with van der Waals surface area (Å²) in [5.41, 5.74) is 10.9. The zero-order valence-corrected chi connectivity index (χ0v) is 15.2. The SMILES string of the molecule is CC[C@H](C)[C@H](NC(=O)[C@@H](N)[C@@H](C)O)C(=O)N[C@@H](CC(C)C)C(N)=O. The lowest BCUT2D eigenvalue weighted by atomic mass is 9.96. The maximum Gasteiger partial charge on any atom is 0.243 e. The summed E-state index contributed by atoms with van der Waals surface area (Å²) in [6.45, 7) is 8.91. The summed E-state index contributed by atoms with van der Waals surface area (Å²) in [5.74, 6) is -1.73. The predicted octanol–water partition coefficient (Wildman–Crippen LogP) is -0.758. The molecule has 140 valence electrons. The third-order valence-corrected chi connectivity index (χ3v) is 3.98. The highest BCUT2D eigenvalue weighted by molar-refractivity contribution is 5.92. The van der Waals surface area contributed by atoms with E-state index in [9.17, 15) is 19.5 Å². The molecule has 0 aromatic heterocycles. The van der Waals surface area contributed by atoms with Crippen LogP contribution in [0.2, 0.25) is 0 Å². The normalized spacial score (nSPS) is 17.5. The van der Waals surface area contributed by atoms with E-state index in [-0.39, 0.29) is 11.8 Å². The molecule has 0 saturated carbocycles. The van der Waals surface area contributed by atoms with Crippen LogP contribution in [-0.4, -0.2) is 47.1 Å². The van der Waals surface area contributed by atoms with Gasteiger partial charge < -0.3 is 27.2 Å². The molecule has 0 aromatic rings. The number of nitrogens with one attached hydrogen (secondary N) is 2. The molecular weight excluding hydrogens is 312 g/mol. The predicted molar refractivity (Wildman–Crippen MR) is 91.6 cm³/mol. The van der Waals surface area contributed by atoms with E-state index in [0.717, 1.165) is 0 Å². The number of amides is 3. The second-order valence-corrected chi connectivity index (χ2v) is 6.73. The molecule has 0 unspecified atom stereocenters. The molecule has 0 rings (SSSR count). The number of rotatable bonds is 10. The van der Waals surface area contributed by atoms with Crippen molar-refractivity contribution in [3.63, 3.8) is 0 Å². The Morgan fingerprint density at radius 1 is 1.04 bits per heavy atom. The topological polar surface area (TPSA) is 148 Å². The largest absolute Gasteiger partial charge is 0.391 e. The monoisotopic (exact) mass is 344 g/mol. The van der Waals surface area contributed by atoms with Gasteiger partial charge in [-0.1, -0.05) is 34.1 Å². The van der Waals surface area contributed by atoms with Crippen LogP contribution in [-0.2, 0) is 14.4 Å². The Labute approximate surface area is 143 Å². The zero-order chi connectivity index (χ0) is 19.0. The summed E-state index contributed by atoms with van der Waals surface area (Å²) >= 11 is 0. The van der Waals surface area contributed by atoms with Gasteiger partial charge in [0.05, 0.1) is 6.10 Å². The summed E-state index contributed by atoms with van der Waals surface area (Å²) in [6.07, 6.45) is 0.00770. The van der Waals surface area contributed by atoms with Gasteiger partial charge in [-0.15, -0.1) is 0 Å². The standard InChI is InChI=1S/C16H32N4O4/c1-6-9(4)13(20-15(23)12(17)10(5)21)16(24)19-11(14(18)22)7-8(2)3/h8-13,21H,6-7,17H2,1-5H3,(H2,18,22)(H,19,24)(H,20,23)/t9-,10+,11-,12-,13-/m0/s1. The number of aliphatic hydroxyl groups is 1. The minimum atomic E-state index is -1.13. The Kier molecular flexibility index (Phi) is 9.53. The Balaban J connectivity index is 5.13. The number of aliphatic hydroxyl groups excluding tert-OH is 1. The molecule has 7 N–H and O–H groups in total. The number of primary amides is 1. The van der Waals surface area contributed by atoms with Gasteiger partial charge in [0, 0.05) is 0 Å². The van der Waals surface area contributed by atoms with Gasteiger partial charge in [-0.05, 0) is 25.2 Å². The lowest BCUT2D eigenvalue weighted by molar-refractivity contribution is -0.133. The second-order valence-electron chi connectivity index (χ2n) is 6.73. The van der Waals surface area contributed by atoms with Gasteiger partial charge in [0.1, 0.15) is 18.1 Å². The van der Waals surface area contributed by atoms with E-state index in [0.29, 0.717) is 12.8 Å². The molecule has 3 amide bonds. The van der Waals surface area contributed by atoms with Crippen LogP contribution in [0.15, 0.2) is 0 Å². The molecule has 8 nitrogen and oxygen atoms in total. The highest BCUT2D eigenvalue weighted by Gasteiger charge is 2.31. The molecule has 5 atom stereocenters. The van der Waals surface area contributed by atoms with Gasteiger partial charge >= 0.3 is 0 Å². The van der Waals surface area contributed by atoms with Crippen molar-refractivity contribution in [1.29, 1.82) is 0 Å². The number of hydrogen-bond acceptors (Lipinski definition) is 5. The molecule has 0 aliphatic rings. The van der Waals surface area contributed by atoms with Crippen LogP contribution in [0.3, 0.4) is 0 Å². The fourth-order valence-corrected chi connectivity index (χ4v) is 2.15. The fraction of sp³-hybridized carbons (Fsp3) is 0.812. The number of carbonyl (C=O) groups is 3. The van der Waals surface area contributed by atoms with Crippen molar-refractivity contribution < 1.29 is 19.5 Å². The Morgan fingerprint density at radius 2 is 1.58 bits per heavy atom. The van der Waals surface area contributed by atoms with Gasteiger partial charge in [-0.3, -0.25) is 14.4 Å². The molecule has 0 fully saturated rings. The minimum Gasteiger partial charge on any atom is -0.391 e. The van der Waals surface area contributed by atoms with Gasteiger partial charge in [0.2, 0.25) is 17.7 Å². The van der Waals surface area contributed by atoms with E-state index < -0.39 is 42.0 Å². The van der Waals surface area contributed by atoms with Crippen LogP contribution >= 0.6 is 0 Å². The van der Waals surface area contributed by atoms with Crippen molar-refractivity contribution in [2.45, 2.75) is 71.7 Å². The average Bonchev–Trinajstić information content (AvgIpc) is 2.49. The van der Waals surface area contributed by atoms with Crippen molar-refractivity contribution in [1.82, 2.24) is 10.6 Å². The lowest BCUT2D eigenvalue weighted by Gasteiger charge is -2.27. The molecular formula is C16H32N4O4. The highest BCUT2D eigenvalue weighted by atomic mass is 16.3. The smallest absolute Gasteiger partial charge is 0.243 e. The summed E-state index contributed by atoms with van der Waals surface area (Å²) in [6, 6.07) is -2.79. The molecule has 0 heterocycles. The summed E-state index contributed by atoms with van der Waals surface area (Å²) in [5, 5.41) is 14.6. The Morgan fingerprint density at radius 3 is 1.96 bits per heavy atom. The van der Waals surface area contributed by atoms with Crippen LogP contribution in [0.4, 0.5) is 0 Å². The summed E-state index contributed by atoms with van der Waals surface area (Å²) in [7, 11) is 0. The van der Waals surface area contributed by atoms with Crippen molar-refractivity contribution in [2.24, 2.45) is 23.3 Å². The third kappa shape index (κ3) is 7.27. The first-order valence-corrected chi connectivity index (χ1v) is 8.34. The quantitative estimate of drug-likeness (QED) is 0.353. The van der Waals surface area contributed by atoms with Gasteiger partial charge in [-0.2, -0.15) is 0 Å². The second kappa shape index (κ2) is 10.2. The maximum absolute atomic E-state index is 12.5. The van der Waals surface area contributed by atoms with Gasteiger partial charge in [0.15, 0.2) is 0 Å². The lowest BCUT2D eigenvalue weighted by Crippen LogP contribution is -2.58. The van der Waals surface area contributed by atoms with Crippen molar-refractivity contribution in [3.8, 4) is 0 Å². The van der Waals surface area contributed by atoms with Crippen molar-refractivity contribution in [3.05, 3.63) is 0 Å². The molecule has 0 radical (unpaired) electrons. The first-order chi connectivity index (χ1) is 11.0. The molecule has 0 saturated heterocycles. The van der Waals surface area contributed by atoms with Crippen LogP contribution in [0.1, 0.15) is 47.5 Å². The third-order valence-electron chi connectivity index (χ3n) is 3.98. The summed E-state index contributed by atoms with van der Waals surface area (Å²) in [4.78, 5) is 36.1. The van der Waals surface area contributed by atoms with E-state index in [4.69, 9.17) is 11.5 Å². The number of hydrogen-bond donors (Lipinski definition) is 5. The molecule has 0 aliphatic carbocycles. The Hall–Kier alpha value is -1.67. The fourth-order valence-electron chi connectivity index (χ4n) is 2.15. The van der Waals surface area contributed by atoms with E-state index in [1.54, 1.807) is 6.92 Å². The first kappa shape index (κ1) is 22.3. The van der Waals surface area contributed by atoms with Crippen molar-refractivity contribution >= 4 is 17.7 Å². The maximum atomic E-state index is 12.5. The van der Waals surface area contributed by atoms with E-state index in [2.05, 4.69) is 10.6 Å². The molecule has 0 bridgehead atoms.